The van der Waals surface area contributed by atoms with Crippen LogP contribution in [0.4, 0.5) is 5.69 Å². The molecule has 2 atom stereocenters. The van der Waals surface area contributed by atoms with Gasteiger partial charge in [0.15, 0.2) is 12.6 Å². The molecule has 1 heterocycles. The minimum Gasteiger partial charge on any atom is -0.356 e. The number of amides is 1. The van der Waals surface area contributed by atoms with E-state index in [1.807, 2.05) is 30.3 Å². The molecule has 1 aliphatic rings. The number of methoxy groups -OCH3 is 1. The Morgan fingerprint density at radius 2 is 2.05 bits per heavy atom. The van der Waals surface area contributed by atoms with Crippen LogP contribution in [0.15, 0.2) is 42.5 Å². The molecule has 0 bridgehead atoms. The van der Waals surface area contributed by atoms with Gasteiger partial charge in [0.2, 0.25) is 0 Å². The number of anilines is 1. The molecule has 1 aromatic rings. The van der Waals surface area contributed by atoms with Gasteiger partial charge in [0, 0.05) is 18.4 Å². The molecule has 0 aliphatic carbocycles. The Kier molecular flexibility index (Phi) is 5.92. The zero-order chi connectivity index (χ0) is 15.1. The Morgan fingerprint density at radius 3 is 2.76 bits per heavy atom. The van der Waals surface area contributed by atoms with E-state index in [2.05, 4.69) is 11.9 Å². The second-order valence-corrected chi connectivity index (χ2v) is 4.90. The third kappa shape index (κ3) is 4.97. The van der Waals surface area contributed by atoms with Crippen LogP contribution in [0.3, 0.4) is 0 Å². The molecular weight excluding hydrogens is 270 g/mol. The summed E-state index contributed by atoms with van der Waals surface area (Å²) in [5.74, 6) is -0.250. The van der Waals surface area contributed by atoms with Crippen molar-refractivity contribution in [2.45, 2.75) is 31.8 Å². The molecule has 1 saturated heterocycles. The monoisotopic (exact) mass is 291 g/mol. The van der Waals surface area contributed by atoms with E-state index in [0.29, 0.717) is 5.57 Å². The Hall–Kier alpha value is -1.69. The van der Waals surface area contributed by atoms with E-state index in [0.717, 1.165) is 24.9 Å². The van der Waals surface area contributed by atoms with Crippen LogP contribution in [0.1, 0.15) is 19.3 Å². The molecule has 0 aromatic heterocycles. The Labute approximate surface area is 124 Å². The van der Waals surface area contributed by atoms with E-state index in [4.69, 9.17) is 14.2 Å². The Balaban J connectivity index is 1.75. The standard InChI is InChI=1S/C16H21NO4/c1-12(16(18)17-13-7-4-3-5-8-13)11-20-15-10-6-9-14(19-2)21-15/h3-5,7-8,14-15H,1,6,9-11H2,2H3,(H,17,18). The summed E-state index contributed by atoms with van der Waals surface area (Å²) in [5.41, 5.74) is 1.10. The number of carbonyl (C=O) groups is 1. The first-order chi connectivity index (χ1) is 10.2. The smallest absolute Gasteiger partial charge is 0.253 e. The van der Waals surface area contributed by atoms with Crippen molar-refractivity contribution in [3.63, 3.8) is 0 Å². The molecule has 1 aromatic carbocycles. The Morgan fingerprint density at radius 1 is 1.33 bits per heavy atom. The Bertz CT molecular complexity index is 474. The van der Waals surface area contributed by atoms with Gasteiger partial charge in [-0.05, 0) is 31.4 Å². The molecule has 5 heteroatoms. The van der Waals surface area contributed by atoms with Gasteiger partial charge in [0.05, 0.1) is 6.61 Å². The van der Waals surface area contributed by atoms with E-state index in [1.54, 1.807) is 7.11 Å². The molecule has 0 spiro atoms. The van der Waals surface area contributed by atoms with E-state index in [-0.39, 0.29) is 25.1 Å². The first-order valence-corrected chi connectivity index (χ1v) is 7.03. The molecule has 2 unspecified atom stereocenters. The van der Waals surface area contributed by atoms with Crippen LogP contribution < -0.4 is 5.32 Å². The van der Waals surface area contributed by atoms with Crippen molar-refractivity contribution in [3.05, 3.63) is 42.5 Å². The molecule has 1 amide bonds. The van der Waals surface area contributed by atoms with Crippen molar-refractivity contribution in [2.75, 3.05) is 19.0 Å². The molecule has 2 rings (SSSR count). The van der Waals surface area contributed by atoms with Crippen molar-refractivity contribution >= 4 is 11.6 Å². The highest BCUT2D eigenvalue weighted by Crippen LogP contribution is 2.20. The fourth-order valence-corrected chi connectivity index (χ4v) is 2.05. The molecule has 1 aliphatic heterocycles. The topological polar surface area (TPSA) is 56.8 Å². The number of nitrogens with one attached hydrogen (secondary N) is 1. The van der Waals surface area contributed by atoms with Gasteiger partial charge in [-0.2, -0.15) is 0 Å². The van der Waals surface area contributed by atoms with Crippen LogP contribution >= 0.6 is 0 Å². The molecule has 5 nitrogen and oxygen atoms in total. The molecule has 1 fully saturated rings. The highest BCUT2D eigenvalue weighted by Gasteiger charge is 2.23. The summed E-state index contributed by atoms with van der Waals surface area (Å²) in [6.45, 7) is 3.89. The number of hydrogen-bond acceptors (Lipinski definition) is 4. The zero-order valence-electron chi connectivity index (χ0n) is 12.2. The third-order valence-corrected chi connectivity index (χ3v) is 3.24. The van der Waals surface area contributed by atoms with Gasteiger partial charge >= 0.3 is 0 Å². The van der Waals surface area contributed by atoms with Crippen molar-refractivity contribution < 1.29 is 19.0 Å². The van der Waals surface area contributed by atoms with Crippen molar-refractivity contribution in [1.82, 2.24) is 0 Å². The average molecular weight is 291 g/mol. The van der Waals surface area contributed by atoms with Gasteiger partial charge in [-0.3, -0.25) is 4.79 Å². The SMILES string of the molecule is C=C(COC1CCCC(OC)O1)C(=O)Nc1ccccc1. The van der Waals surface area contributed by atoms with Crippen LogP contribution in [-0.2, 0) is 19.0 Å². The lowest BCUT2D eigenvalue weighted by molar-refractivity contribution is -0.257. The number of hydrogen-bond donors (Lipinski definition) is 1. The second kappa shape index (κ2) is 7.93. The van der Waals surface area contributed by atoms with Crippen LogP contribution in [0.5, 0.6) is 0 Å². The van der Waals surface area contributed by atoms with Crippen molar-refractivity contribution in [1.29, 1.82) is 0 Å². The third-order valence-electron chi connectivity index (χ3n) is 3.24. The van der Waals surface area contributed by atoms with Crippen LogP contribution in [-0.4, -0.2) is 32.2 Å². The fraction of sp³-hybridized carbons (Fsp3) is 0.438. The highest BCUT2D eigenvalue weighted by molar-refractivity contribution is 6.03. The normalized spacial score (nSPS) is 21.8. The lowest BCUT2D eigenvalue weighted by atomic mass is 10.2. The second-order valence-electron chi connectivity index (χ2n) is 4.90. The lowest BCUT2D eigenvalue weighted by Crippen LogP contribution is -2.32. The van der Waals surface area contributed by atoms with Crippen LogP contribution in [0.2, 0.25) is 0 Å². The number of carbonyl (C=O) groups excluding carboxylic acids is 1. The maximum Gasteiger partial charge on any atom is 0.253 e. The number of para-hydroxylation sites is 1. The molecule has 1 N–H and O–H groups in total. The number of benzene rings is 1. The minimum atomic E-state index is -0.343. The van der Waals surface area contributed by atoms with Gasteiger partial charge in [-0.25, -0.2) is 0 Å². The van der Waals surface area contributed by atoms with E-state index < -0.39 is 0 Å². The summed E-state index contributed by atoms with van der Waals surface area (Å²) < 4.78 is 16.3. The quantitative estimate of drug-likeness (QED) is 0.819. The van der Waals surface area contributed by atoms with Crippen LogP contribution in [0.25, 0.3) is 0 Å². The summed E-state index contributed by atoms with van der Waals surface area (Å²) in [6, 6.07) is 9.24. The first-order valence-electron chi connectivity index (χ1n) is 7.03. The van der Waals surface area contributed by atoms with Crippen molar-refractivity contribution in [2.24, 2.45) is 0 Å². The first kappa shape index (κ1) is 15.7. The minimum absolute atomic E-state index is 0.139. The fourth-order valence-electron chi connectivity index (χ4n) is 2.05. The molecular formula is C16H21NO4. The van der Waals surface area contributed by atoms with Gasteiger partial charge < -0.3 is 19.5 Å². The van der Waals surface area contributed by atoms with Gasteiger partial charge in [0.25, 0.3) is 5.91 Å². The van der Waals surface area contributed by atoms with Crippen molar-refractivity contribution in [3.8, 4) is 0 Å². The largest absolute Gasteiger partial charge is 0.356 e. The maximum absolute atomic E-state index is 11.9. The highest BCUT2D eigenvalue weighted by atomic mass is 16.8. The maximum atomic E-state index is 11.9. The number of ether oxygens (including phenoxy) is 3. The molecule has 0 saturated carbocycles. The molecule has 114 valence electrons. The predicted molar refractivity (Wildman–Crippen MR) is 79.7 cm³/mol. The van der Waals surface area contributed by atoms with E-state index in [1.165, 1.54) is 0 Å². The molecule has 21 heavy (non-hydrogen) atoms. The summed E-state index contributed by atoms with van der Waals surface area (Å²) in [6.07, 6.45) is 2.07. The lowest BCUT2D eigenvalue weighted by Gasteiger charge is -2.28. The zero-order valence-corrected chi connectivity index (χ0v) is 12.2. The number of rotatable bonds is 6. The van der Waals surface area contributed by atoms with E-state index >= 15 is 0 Å². The summed E-state index contributed by atoms with van der Waals surface area (Å²) >= 11 is 0. The van der Waals surface area contributed by atoms with Crippen LogP contribution in [0, 0.1) is 0 Å². The predicted octanol–water partition coefficient (Wildman–Crippen LogP) is 2.70. The van der Waals surface area contributed by atoms with Gasteiger partial charge in [-0.1, -0.05) is 24.8 Å². The summed E-state index contributed by atoms with van der Waals surface area (Å²) in [5, 5.41) is 2.77. The van der Waals surface area contributed by atoms with E-state index in [9.17, 15) is 4.79 Å². The molecule has 0 radical (unpaired) electrons. The summed E-state index contributed by atoms with van der Waals surface area (Å²) in [4.78, 5) is 11.9. The summed E-state index contributed by atoms with van der Waals surface area (Å²) in [7, 11) is 1.61. The van der Waals surface area contributed by atoms with Gasteiger partial charge in [0.1, 0.15) is 0 Å². The average Bonchev–Trinajstić information content (AvgIpc) is 2.53. The van der Waals surface area contributed by atoms with Gasteiger partial charge in [-0.15, -0.1) is 0 Å².